The Balaban J connectivity index is 1.93. The number of hydrogen-bond acceptors (Lipinski definition) is 4. The Morgan fingerprint density at radius 1 is 0.971 bits per heavy atom. The van der Waals surface area contributed by atoms with E-state index in [9.17, 15) is 22.4 Å². The molecular weight excluding hydrogens is 450 g/mol. The molecule has 0 saturated carbocycles. The van der Waals surface area contributed by atoms with Gasteiger partial charge in [0, 0.05) is 11.8 Å². The number of aryl methyl sites for hydroxylation is 1. The Morgan fingerprint density at radius 3 is 2.29 bits per heavy atom. The van der Waals surface area contributed by atoms with Crippen LogP contribution < -0.4 is 14.5 Å². The largest absolute Gasteiger partial charge is 0.481 e. The van der Waals surface area contributed by atoms with E-state index in [1.54, 1.807) is 24.0 Å². The number of nitrogens with zero attached hydrogens (tertiary/aromatic N) is 3. The number of hydrogen-bond donors (Lipinski definition) is 0. The van der Waals surface area contributed by atoms with Crippen LogP contribution in [-0.2, 0) is 6.18 Å². The van der Waals surface area contributed by atoms with E-state index in [1.165, 1.54) is 36.3 Å². The Hall–Kier alpha value is -3.62. The molecule has 178 valence electrons. The summed E-state index contributed by atoms with van der Waals surface area (Å²) in [5.41, 5.74) is 1.50. The number of methoxy groups -OCH3 is 1. The van der Waals surface area contributed by atoms with Crippen molar-refractivity contribution in [3.05, 3.63) is 76.7 Å². The van der Waals surface area contributed by atoms with E-state index < -0.39 is 23.5 Å². The molecule has 3 aromatic rings. The van der Waals surface area contributed by atoms with Crippen LogP contribution in [0.25, 0.3) is 0 Å². The lowest BCUT2D eigenvalue weighted by molar-refractivity contribution is -0.137. The van der Waals surface area contributed by atoms with Crippen molar-refractivity contribution in [2.24, 2.45) is 0 Å². The Bertz CT molecular complexity index is 1260. The molecule has 1 amide bonds. The second-order valence-electron chi connectivity index (χ2n) is 8.35. The van der Waals surface area contributed by atoms with Gasteiger partial charge in [-0.15, -0.1) is 0 Å². The SMILES string of the molecule is COc1ccc(N2CN(c3ccc(F)cc3C(C)C)c3cc(C(F)(F)F)ccc3C2=O)c(C)n1. The first-order chi connectivity index (χ1) is 16.0. The molecule has 9 heteroatoms. The number of halogens is 4. The molecule has 4 rings (SSSR count). The minimum Gasteiger partial charge on any atom is -0.481 e. The van der Waals surface area contributed by atoms with Crippen molar-refractivity contribution in [3.8, 4) is 5.88 Å². The van der Waals surface area contributed by atoms with Gasteiger partial charge in [-0.05, 0) is 60.9 Å². The zero-order valence-corrected chi connectivity index (χ0v) is 19.1. The first-order valence-electron chi connectivity index (χ1n) is 10.6. The van der Waals surface area contributed by atoms with Crippen molar-refractivity contribution >= 4 is 23.0 Å². The lowest BCUT2D eigenvalue weighted by Crippen LogP contribution is -2.45. The fourth-order valence-electron chi connectivity index (χ4n) is 4.09. The molecule has 1 aliphatic rings. The van der Waals surface area contributed by atoms with Gasteiger partial charge in [0.2, 0.25) is 5.88 Å². The van der Waals surface area contributed by atoms with E-state index in [0.29, 0.717) is 28.5 Å². The highest BCUT2D eigenvalue weighted by Crippen LogP contribution is 2.42. The zero-order chi connectivity index (χ0) is 24.8. The van der Waals surface area contributed by atoms with Gasteiger partial charge in [-0.2, -0.15) is 13.2 Å². The van der Waals surface area contributed by atoms with E-state index in [1.807, 2.05) is 13.8 Å². The highest BCUT2D eigenvalue weighted by molar-refractivity contribution is 6.13. The third-order valence-corrected chi connectivity index (χ3v) is 5.81. The summed E-state index contributed by atoms with van der Waals surface area (Å²) in [4.78, 5) is 20.8. The molecule has 0 N–H and O–H groups in total. The fraction of sp³-hybridized carbons (Fsp3) is 0.280. The minimum atomic E-state index is -4.58. The predicted octanol–water partition coefficient (Wildman–Crippen LogP) is 6.44. The third kappa shape index (κ3) is 4.18. The van der Waals surface area contributed by atoms with Gasteiger partial charge in [-0.25, -0.2) is 9.37 Å². The molecule has 0 unspecified atom stereocenters. The number of rotatable bonds is 4. The number of alkyl halides is 3. The molecule has 5 nitrogen and oxygen atoms in total. The molecule has 0 fully saturated rings. The normalized spacial score (nSPS) is 14.0. The van der Waals surface area contributed by atoms with E-state index in [4.69, 9.17) is 4.74 Å². The molecule has 0 spiro atoms. The van der Waals surface area contributed by atoms with Gasteiger partial charge >= 0.3 is 6.18 Å². The summed E-state index contributed by atoms with van der Waals surface area (Å²) < 4.78 is 59.8. The minimum absolute atomic E-state index is 0.0760. The van der Waals surface area contributed by atoms with Crippen LogP contribution in [0.15, 0.2) is 48.5 Å². The van der Waals surface area contributed by atoms with Crippen molar-refractivity contribution in [2.75, 3.05) is 23.6 Å². The van der Waals surface area contributed by atoms with Gasteiger partial charge < -0.3 is 9.64 Å². The molecule has 1 aliphatic heterocycles. The van der Waals surface area contributed by atoms with Crippen LogP contribution in [0.3, 0.4) is 0 Å². The second-order valence-corrected chi connectivity index (χ2v) is 8.35. The fourth-order valence-corrected chi connectivity index (χ4v) is 4.09. The van der Waals surface area contributed by atoms with Crippen LogP contribution in [0.5, 0.6) is 5.88 Å². The molecule has 1 aromatic heterocycles. The standard InChI is InChI=1S/C25H23F4N3O2/c1-14(2)19-12-17(26)6-8-21(19)31-13-32(20-9-10-23(34-4)30-15(20)3)24(33)18-7-5-16(11-22(18)31)25(27,28)29/h5-12,14H,13H2,1-4H3. The topological polar surface area (TPSA) is 45.7 Å². The summed E-state index contributed by atoms with van der Waals surface area (Å²) >= 11 is 0. The van der Waals surface area contributed by atoms with E-state index in [0.717, 1.165) is 12.1 Å². The average molecular weight is 473 g/mol. The van der Waals surface area contributed by atoms with Crippen molar-refractivity contribution in [2.45, 2.75) is 32.9 Å². The van der Waals surface area contributed by atoms with Crippen molar-refractivity contribution in [3.63, 3.8) is 0 Å². The number of carbonyl (C=O) groups excluding carboxylic acids is 1. The van der Waals surface area contributed by atoms with Gasteiger partial charge in [-0.1, -0.05) is 13.8 Å². The van der Waals surface area contributed by atoms with Crippen molar-refractivity contribution in [1.29, 1.82) is 0 Å². The maximum Gasteiger partial charge on any atom is 0.416 e. The predicted molar refractivity (Wildman–Crippen MR) is 121 cm³/mol. The molecule has 0 saturated heterocycles. The number of ether oxygens (including phenoxy) is 1. The Kier molecular flexibility index (Phi) is 5.97. The van der Waals surface area contributed by atoms with Gasteiger partial charge in [-0.3, -0.25) is 9.69 Å². The summed E-state index contributed by atoms with van der Waals surface area (Å²) in [5.74, 6) is -0.645. The number of benzene rings is 2. The lowest BCUT2D eigenvalue weighted by atomic mass is 9.97. The number of anilines is 3. The monoisotopic (exact) mass is 473 g/mol. The van der Waals surface area contributed by atoms with E-state index in [-0.39, 0.29) is 23.8 Å². The van der Waals surface area contributed by atoms with Crippen LogP contribution in [0.4, 0.5) is 34.6 Å². The van der Waals surface area contributed by atoms with Crippen LogP contribution in [0.2, 0.25) is 0 Å². The lowest BCUT2D eigenvalue weighted by Gasteiger charge is -2.40. The van der Waals surface area contributed by atoms with Gasteiger partial charge in [0.25, 0.3) is 5.91 Å². The number of amides is 1. The van der Waals surface area contributed by atoms with Crippen LogP contribution in [0.1, 0.15) is 46.9 Å². The van der Waals surface area contributed by atoms with Crippen LogP contribution in [-0.4, -0.2) is 24.7 Å². The summed E-state index contributed by atoms with van der Waals surface area (Å²) in [5, 5.41) is 0. The van der Waals surface area contributed by atoms with Crippen molar-refractivity contribution in [1.82, 2.24) is 4.98 Å². The Morgan fingerprint density at radius 2 is 1.68 bits per heavy atom. The molecule has 0 atom stereocenters. The van der Waals surface area contributed by atoms with Gasteiger partial charge in [0.15, 0.2) is 0 Å². The second kappa shape index (κ2) is 8.62. The molecule has 2 heterocycles. The molecule has 2 aromatic carbocycles. The van der Waals surface area contributed by atoms with Gasteiger partial charge in [0.05, 0.1) is 35.3 Å². The maximum absolute atomic E-state index is 14.1. The zero-order valence-electron chi connectivity index (χ0n) is 19.1. The molecule has 0 radical (unpaired) electrons. The van der Waals surface area contributed by atoms with Crippen LogP contribution in [0, 0.1) is 12.7 Å². The summed E-state index contributed by atoms with van der Waals surface area (Å²) in [6, 6.07) is 10.5. The maximum atomic E-state index is 14.1. The first kappa shape index (κ1) is 23.5. The van der Waals surface area contributed by atoms with Gasteiger partial charge in [0.1, 0.15) is 12.5 Å². The van der Waals surface area contributed by atoms with Crippen LogP contribution >= 0.6 is 0 Å². The smallest absolute Gasteiger partial charge is 0.416 e. The third-order valence-electron chi connectivity index (χ3n) is 5.81. The Labute approximate surface area is 194 Å². The number of aromatic nitrogens is 1. The van der Waals surface area contributed by atoms with E-state index in [2.05, 4.69) is 4.98 Å². The number of carbonyl (C=O) groups is 1. The summed E-state index contributed by atoms with van der Waals surface area (Å²) in [6.07, 6.45) is -4.58. The highest BCUT2D eigenvalue weighted by Gasteiger charge is 2.37. The quantitative estimate of drug-likeness (QED) is 0.410. The molecule has 0 aliphatic carbocycles. The molecule has 0 bridgehead atoms. The highest BCUT2D eigenvalue weighted by atomic mass is 19.4. The molecule has 34 heavy (non-hydrogen) atoms. The first-order valence-corrected chi connectivity index (χ1v) is 10.6. The average Bonchev–Trinajstić information content (AvgIpc) is 2.79. The summed E-state index contributed by atoms with van der Waals surface area (Å²) in [6.45, 7) is 5.38. The van der Waals surface area contributed by atoms with Crippen molar-refractivity contribution < 1.29 is 27.1 Å². The number of pyridine rings is 1. The van der Waals surface area contributed by atoms with E-state index >= 15 is 0 Å². The summed E-state index contributed by atoms with van der Waals surface area (Å²) in [7, 11) is 1.48. The molecular formula is C25H23F4N3O2. The number of fused-ring (bicyclic) bond motifs is 1.